The number of H-pyrrole nitrogens is 1. The molecule has 1 amide bonds. The van der Waals surface area contributed by atoms with Crippen LogP contribution in [0.1, 0.15) is 23.9 Å². The van der Waals surface area contributed by atoms with E-state index >= 15 is 0 Å². The first kappa shape index (κ1) is 9.92. The van der Waals surface area contributed by atoms with Crippen molar-refractivity contribution in [1.29, 1.82) is 0 Å². The molecule has 13 heavy (non-hydrogen) atoms. The number of aromatic nitrogens is 1. The Balaban J connectivity index is 2.88. The highest BCUT2D eigenvalue weighted by Gasteiger charge is 2.08. The van der Waals surface area contributed by atoms with Crippen molar-refractivity contribution in [3.05, 3.63) is 23.0 Å². The molecule has 0 spiro atoms. The third-order valence-corrected chi connectivity index (χ3v) is 1.97. The fourth-order valence-electron chi connectivity index (χ4n) is 1.19. The number of rotatable bonds is 1. The average Bonchev–Trinajstić information content (AvgIpc) is 2.28. The van der Waals surface area contributed by atoms with Gasteiger partial charge in [0.1, 0.15) is 4.99 Å². The Bertz CT molecular complexity index is 354. The molecule has 0 saturated carbocycles. The van der Waals surface area contributed by atoms with E-state index in [2.05, 4.69) is 10.3 Å². The molecule has 0 fully saturated rings. The number of nitrogens with one attached hydrogen (secondary N) is 2. The number of amides is 1. The van der Waals surface area contributed by atoms with Crippen LogP contribution in [0.15, 0.2) is 6.07 Å². The van der Waals surface area contributed by atoms with Crippen molar-refractivity contribution in [2.24, 2.45) is 0 Å². The van der Waals surface area contributed by atoms with Crippen molar-refractivity contribution in [3.8, 4) is 0 Å². The van der Waals surface area contributed by atoms with Crippen LogP contribution in [0.3, 0.4) is 0 Å². The molecule has 0 radical (unpaired) electrons. The maximum absolute atomic E-state index is 10.7. The first-order valence-corrected chi connectivity index (χ1v) is 4.39. The number of thiocarbonyl (C=S) groups is 1. The Morgan fingerprint density at radius 1 is 1.54 bits per heavy atom. The second-order valence-electron chi connectivity index (χ2n) is 3.02. The zero-order valence-corrected chi connectivity index (χ0v) is 8.71. The summed E-state index contributed by atoms with van der Waals surface area (Å²) < 4.78 is 0. The van der Waals surface area contributed by atoms with E-state index in [0.29, 0.717) is 4.99 Å². The number of carbonyl (C=O) groups excluding carboxylic acids is 1. The van der Waals surface area contributed by atoms with Crippen molar-refractivity contribution < 1.29 is 4.79 Å². The molecule has 70 valence electrons. The quantitative estimate of drug-likeness (QED) is 0.668. The van der Waals surface area contributed by atoms with Crippen molar-refractivity contribution in [2.45, 2.75) is 20.8 Å². The average molecular weight is 196 g/mol. The minimum atomic E-state index is -0.142. The normalized spacial score (nSPS) is 9.77. The van der Waals surface area contributed by atoms with Gasteiger partial charge in [0.15, 0.2) is 0 Å². The van der Waals surface area contributed by atoms with Gasteiger partial charge < -0.3 is 10.3 Å². The maximum Gasteiger partial charge on any atom is 0.221 e. The number of carbonyl (C=O) groups is 1. The molecule has 0 atom stereocenters. The lowest BCUT2D eigenvalue weighted by Gasteiger charge is -2.02. The van der Waals surface area contributed by atoms with Gasteiger partial charge in [-0.2, -0.15) is 0 Å². The van der Waals surface area contributed by atoms with Gasteiger partial charge in [-0.05, 0) is 25.5 Å². The van der Waals surface area contributed by atoms with Gasteiger partial charge in [0.2, 0.25) is 5.91 Å². The van der Waals surface area contributed by atoms with Crippen LogP contribution in [0, 0.1) is 13.8 Å². The summed E-state index contributed by atoms with van der Waals surface area (Å²) in [5.41, 5.74) is 2.92. The Hall–Kier alpha value is -1.16. The standard InChI is InChI=1S/C9H12N2OS/c1-5-4-6(2)10-8(5)9(13)11-7(3)12/h4,10H,1-3H3,(H,11,12,13). The van der Waals surface area contributed by atoms with Crippen LogP contribution in [0.5, 0.6) is 0 Å². The van der Waals surface area contributed by atoms with Gasteiger partial charge in [-0.1, -0.05) is 12.2 Å². The fraction of sp³-hybridized carbons (Fsp3) is 0.333. The van der Waals surface area contributed by atoms with Crippen LogP contribution in [0.4, 0.5) is 0 Å². The fourth-order valence-corrected chi connectivity index (χ4v) is 1.54. The van der Waals surface area contributed by atoms with E-state index in [0.717, 1.165) is 17.0 Å². The lowest BCUT2D eigenvalue weighted by atomic mass is 10.2. The van der Waals surface area contributed by atoms with Crippen molar-refractivity contribution in [2.75, 3.05) is 0 Å². The molecule has 1 aromatic rings. The Labute approximate surface area is 82.5 Å². The summed E-state index contributed by atoms with van der Waals surface area (Å²) in [5.74, 6) is -0.142. The SMILES string of the molecule is CC(=O)NC(=S)c1[nH]c(C)cc1C. The summed E-state index contributed by atoms with van der Waals surface area (Å²) in [7, 11) is 0. The number of aromatic amines is 1. The second kappa shape index (κ2) is 3.70. The van der Waals surface area contributed by atoms with Crippen LogP contribution in [-0.4, -0.2) is 15.9 Å². The van der Waals surface area contributed by atoms with Crippen LogP contribution < -0.4 is 5.32 Å². The summed E-state index contributed by atoms with van der Waals surface area (Å²) >= 11 is 5.03. The highest BCUT2D eigenvalue weighted by Crippen LogP contribution is 2.08. The van der Waals surface area contributed by atoms with Gasteiger partial charge in [0, 0.05) is 12.6 Å². The molecule has 1 aromatic heterocycles. The Morgan fingerprint density at radius 3 is 2.54 bits per heavy atom. The monoisotopic (exact) mass is 196 g/mol. The molecule has 0 aliphatic heterocycles. The largest absolute Gasteiger partial charge is 0.357 e. The summed E-state index contributed by atoms with van der Waals surface area (Å²) in [5, 5.41) is 2.57. The van der Waals surface area contributed by atoms with Gasteiger partial charge >= 0.3 is 0 Å². The molecular formula is C9H12N2OS. The number of hydrogen-bond donors (Lipinski definition) is 2. The molecule has 0 aliphatic carbocycles. The van der Waals surface area contributed by atoms with Crippen LogP contribution in [0.25, 0.3) is 0 Å². The van der Waals surface area contributed by atoms with Gasteiger partial charge in [-0.15, -0.1) is 0 Å². The zero-order chi connectivity index (χ0) is 10.0. The van der Waals surface area contributed by atoms with E-state index in [1.165, 1.54) is 6.92 Å². The van der Waals surface area contributed by atoms with Gasteiger partial charge in [-0.25, -0.2) is 0 Å². The van der Waals surface area contributed by atoms with Crippen molar-refractivity contribution in [1.82, 2.24) is 10.3 Å². The number of aryl methyl sites for hydroxylation is 2. The minimum absolute atomic E-state index is 0.142. The highest BCUT2D eigenvalue weighted by molar-refractivity contribution is 7.80. The van der Waals surface area contributed by atoms with Gasteiger partial charge in [0.25, 0.3) is 0 Å². The first-order valence-electron chi connectivity index (χ1n) is 3.99. The van der Waals surface area contributed by atoms with Crippen LogP contribution in [-0.2, 0) is 4.79 Å². The highest BCUT2D eigenvalue weighted by atomic mass is 32.1. The predicted octanol–water partition coefficient (Wildman–Crippen LogP) is 1.44. The van der Waals surface area contributed by atoms with E-state index in [-0.39, 0.29) is 5.91 Å². The lowest BCUT2D eigenvalue weighted by Crippen LogP contribution is -2.27. The molecule has 4 heteroatoms. The Morgan fingerprint density at radius 2 is 2.15 bits per heavy atom. The molecule has 1 rings (SSSR count). The van der Waals surface area contributed by atoms with Crippen molar-refractivity contribution in [3.63, 3.8) is 0 Å². The summed E-state index contributed by atoms with van der Waals surface area (Å²) in [4.78, 5) is 14.3. The minimum Gasteiger partial charge on any atom is -0.357 e. The summed E-state index contributed by atoms with van der Waals surface area (Å²) in [6, 6.07) is 1.99. The maximum atomic E-state index is 10.7. The van der Waals surface area contributed by atoms with Gasteiger partial charge in [-0.3, -0.25) is 4.79 Å². The van der Waals surface area contributed by atoms with E-state index in [4.69, 9.17) is 12.2 Å². The van der Waals surface area contributed by atoms with Crippen molar-refractivity contribution >= 4 is 23.1 Å². The second-order valence-corrected chi connectivity index (χ2v) is 3.43. The molecule has 3 nitrogen and oxygen atoms in total. The molecule has 1 heterocycles. The number of hydrogen-bond acceptors (Lipinski definition) is 2. The molecule has 0 aliphatic rings. The Kier molecular flexibility index (Phi) is 2.83. The predicted molar refractivity (Wildman–Crippen MR) is 55.8 cm³/mol. The van der Waals surface area contributed by atoms with E-state index < -0.39 is 0 Å². The summed E-state index contributed by atoms with van der Waals surface area (Å²) in [6.07, 6.45) is 0. The topological polar surface area (TPSA) is 44.9 Å². The lowest BCUT2D eigenvalue weighted by molar-refractivity contribution is -0.117. The zero-order valence-electron chi connectivity index (χ0n) is 7.89. The van der Waals surface area contributed by atoms with Gasteiger partial charge in [0.05, 0.1) is 5.69 Å². The van der Waals surface area contributed by atoms with E-state index in [1.54, 1.807) is 0 Å². The molecule has 0 bridgehead atoms. The molecule has 0 unspecified atom stereocenters. The third-order valence-electron chi connectivity index (χ3n) is 1.67. The van der Waals surface area contributed by atoms with E-state index in [9.17, 15) is 4.79 Å². The molecule has 0 aromatic carbocycles. The molecule has 0 saturated heterocycles. The van der Waals surface area contributed by atoms with Crippen LogP contribution >= 0.6 is 12.2 Å². The molecule has 2 N–H and O–H groups in total. The smallest absolute Gasteiger partial charge is 0.221 e. The molecular weight excluding hydrogens is 184 g/mol. The van der Waals surface area contributed by atoms with E-state index in [1.807, 2.05) is 19.9 Å². The third kappa shape index (κ3) is 2.39. The van der Waals surface area contributed by atoms with Crippen LogP contribution in [0.2, 0.25) is 0 Å². The summed E-state index contributed by atoms with van der Waals surface area (Å²) in [6.45, 7) is 5.34. The first-order chi connectivity index (χ1) is 6.00.